The fraction of sp³-hybridized carbons (Fsp3) is 0.667. The molecule has 0 bridgehead atoms. The number of anilines is 1. The average Bonchev–Trinajstić information content (AvgIpc) is 2.78. The zero-order valence-corrected chi connectivity index (χ0v) is 15.4. The lowest BCUT2D eigenvalue weighted by molar-refractivity contribution is -0.137. The van der Waals surface area contributed by atoms with Crippen LogP contribution in [0.2, 0.25) is 0 Å². The number of carbonyl (C=O) groups is 1. The molecule has 1 spiro atoms. The Hall–Kier alpha value is -1.87. The number of hydrogen-bond acceptors (Lipinski definition) is 5. The topological polar surface area (TPSA) is 59.9 Å². The number of aromatic nitrogens is 1. The van der Waals surface area contributed by atoms with Crippen molar-refractivity contribution < 1.29 is 23.1 Å². The maximum absolute atomic E-state index is 13.0. The highest BCUT2D eigenvalue weighted by Gasteiger charge is 2.43. The van der Waals surface area contributed by atoms with Gasteiger partial charge in [-0.2, -0.15) is 13.2 Å². The van der Waals surface area contributed by atoms with Crippen molar-refractivity contribution in [1.29, 1.82) is 0 Å². The fourth-order valence-corrected chi connectivity index (χ4v) is 4.01. The fourth-order valence-electron chi connectivity index (χ4n) is 4.01. The SMILES string of the molecule is CN1CCN(c2cc(C(F)(F)F)ccn2)CC12CCC(=O)N(CCO)CC2. The number of amides is 1. The van der Waals surface area contributed by atoms with Crippen LogP contribution in [0.3, 0.4) is 0 Å². The highest BCUT2D eigenvalue weighted by atomic mass is 19.4. The predicted octanol–water partition coefficient (Wildman–Crippen LogP) is 1.60. The van der Waals surface area contributed by atoms with Gasteiger partial charge in [-0.15, -0.1) is 0 Å². The molecule has 2 aliphatic rings. The van der Waals surface area contributed by atoms with Gasteiger partial charge in [0.2, 0.25) is 5.91 Å². The molecule has 0 radical (unpaired) electrons. The highest BCUT2D eigenvalue weighted by molar-refractivity contribution is 5.76. The first-order valence-electron chi connectivity index (χ1n) is 9.13. The summed E-state index contributed by atoms with van der Waals surface area (Å²) in [4.78, 5) is 22.2. The van der Waals surface area contributed by atoms with Crippen molar-refractivity contribution >= 4 is 11.7 Å². The molecular weight excluding hydrogens is 361 g/mol. The van der Waals surface area contributed by atoms with E-state index in [2.05, 4.69) is 9.88 Å². The molecule has 1 N–H and O–H groups in total. The summed E-state index contributed by atoms with van der Waals surface area (Å²) in [6.07, 6.45) is -1.48. The van der Waals surface area contributed by atoms with E-state index in [1.807, 2.05) is 11.9 Å². The molecular formula is C18H25F3N4O2. The Morgan fingerprint density at radius 1 is 1.26 bits per heavy atom. The summed E-state index contributed by atoms with van der Waals surface area (Å²) >= 11 is 0. The second-order valence-corrected chi connectivity index (χ2v) is 7.32. The Morgan fingerprint density at radius 3 is 2.74 bits per heavy atom. The molecule has 150 valence electrons. The standard InChI is InChI=1S/C18H25F3N4O2/c1-23-8-9-25(15-12-14(3-6-22-15)18(19,20)21)13-17(23)4-2-16(27)24(7-5-17)10-11-26/h3,6,12,26H,2,4-5,7-11,13H2,1H3. The van der Waals surface area contributed by atoms with Crippen LogP contribution in [0.1, 0.15) is 24.8 Å². The quantitative estimate of drug-likeness (QED) is 0.855. The van der Waals surface area contributed by atoms with Crippen LogP contribution in [0.15, 0.2) is 18.3 Å². The minimum absolute atomic E-state index is 0.0173. The second-order valence-electron chi connectivity index (χ2n) is 7.32. The Morgan fingerprint density at radius 2 is 2.04 bits per heavy atom. The maximum Gasteiger partial charge on any atom is 0.416 e. The lowest BCUT2D eigenvalue weighted by atomic mass is 9.86. The lowest BCUT2D eigenvalue weighted by Gasteiger charge is -2.49. The van der Waals surface area contributed by atoms with Gasteiger partial charge in [-0.3, -0.25) is 9.69 Å². The number of pyridine rings is 1. The number of rotatable bonds is 3. The normalized spacial score (nSPS) is 25.1. The molecule has 0 saturated carbocycles. The van der Waals surface area contributed by atoms with Crippen molar-refractivity contribution in [3.05, 3.63) is 23.9 Å². The average molecular weight is 386 g/mol. The van der Waals surface area contributed by atoms with Gasteiger partial charge in [-0.25, -0.2) is 4.98 Å². The van der Waals surface area contributed by atoms with Crippen LogP contribution in [0.25, 0.3) is 0 Å². The summed E-state index contributed by atoms with van der Waals surface area (Å²) in [6, 6.07) is 2.07. The van der Waals surface area contributed by atoms with Gasteiger partial charge in [0.25, 0.3) is 0 Å². The van der Waals surface area contributed by atoms with Crippen LogP contribution in [0, 0.1) is 0 Å². The molecule has 1 aromatic heterocycles. The van der Waals surface area contributed by atoms with Crippen molar-refractivity contribution in [2.45, 2.75) is 31.0 Å². The minimum Gasteiger partial charge on any atom is -0.395 e. The van der Waals surface area contributed by atoms with E-state index in [9.17, 15) is 18.0 Å². The molecule has 2 saturated heterocycles. The first-order valence-corrected chi connectivity index (χ1v) is 9.13. The van der Waals surface area contributed by atoms with Crippen LogP contribution in [0.4, 0.5) is 19.0 Å². The second kappa shape index (κ2) is 7.63. The molecule has 2 aliphatic heterocycles. The third-order valence-electron chi connectivity index (χ3n) is 5.77. The number of likely N-dealkylation sites (N-methyl/N-ethyl adjacent to an activating group) is 1. The van der Waals surface area contributed by atoms with Gasteiger partial charge in [0, 0.05) is 50.9 Å². The van der Waals surface area contributed by atoms with Gasteiger partial charge < -0.3 is 14.9 Å². The van der Waals surface area contributed by atoms with E-state index in [4.69, 9.17) is 5.11 Å². The number of aliphatic hydroxyl groups is 1. The molecule has 1 unspecified atom stereocenters. The van der Waals surface area contributed by atoms with Crippen molar-refractivity contribution in [2.75, 3.05) is 51.3 Å². The monoisotopic (exact) mass is 386 g/mol. The van der Waals surface area contributed by atoms with Gasteiger partial charge >= 0.3 is 6.18 Å². The molecule has 3 rings (SSSR count). The van der Waals surface area contributed by atoms with E-state index in [-0.39, 0.29) is 18.1 Å². The maximum atomic E-state index is 13.0. The smallest absolute Gasteiger partial charge is 0.395 e. The number of nitrogens with zero attached hydrogens (tertiary/aromatic N) is 4. The molecule has 2 fully saturated rings. The van der Waals surface area contributed by atoms with Crippen LogP contribution < -0.4 is 4.90 Å². The van der Waals surface area contributed by atoms with E-state index in [1.54, 1.807) is 4.90 Å². The zero-order chi connectivity index (χ0) is 19.7. The number of likely N-dealkylation sites (tertiary alicyclic amines) is 1. The van der Waals surface area contributed by atoms with E-state index in [0.29, 0.717) is 57.8 Å². The largest absolute Gasteiger partial charge is 0.416 e. The summed E-state index contributed by atoms with van der Waals surface area (Å²) in [5.41, 5.74) is -1.00. The third kappa shape index (κ3) is 4.19. The van der Waals surface area contributed by atoms with Crippen molar-refractivity contribution in [1.82, 2.24) is 14.8 Å². The highest BCUT2D eigenvalue weighted by Crippen LogP contribution is 2.35. The van der Waals surface area contributed by atoms with Gasteiger partial charge in [0.05, 0.1) is 12.2 Å². The summed E-state index contributed by atoms with van der Waals surface area (Å²) in [7, 11) is 2.00. The van der Waals surface area contributed by atoms with E-state index >= 15 is 0 Å². The summed E-state index contributed by atoms with van der Waals surface area (Å²) in [6.45, 7) is 2.57. The third-order valence-corrected chi connectivity index (χ3v) is 5.77. The number of halogens is 3. The molecule has 1 atom stereocenters. The Balaban J connectivity index is 1.81. The molecule has 0 aliphatic carbocycles. The van der Waals surface area contributed by atoms with Crippen LogP contribution in [0.5, 0.6) is 0 Å². The first-order chi connectivity index (χ1) is 12.7. The molecule has 6 nitrogen and oxygen atoms in total. The van der Waals surface area contributed by atoms with Gasteiger partial charge in [0.1, 0.15) is 5.82 Å². The van der Waals surface area contributed by atoms with Gasteiger partial charge in [-0.05, 0) is 32.0 Å². The molecule has 0 aromatic carbocycles. The minimum atomic E-state index is -4.40. The molecule has 9 heteroatoms. The van der Waals surface area contributed by atoms with Crippen LogP contribution in [-0.4, -0.2) is 77.7 Å². The lowest BCUT2D eigenvalue weighted by Crippen LogP contribution is -2.61. The summed E-state index contributed by atoms with van der Waals surface area (Å²) < 4.78 is 39.1. The van der Waals surface area contributed by atoms with E-state index in [0.717, 1.165) is 12.1 Å². The van der Waals surface area contributed by atoms with Gasteiger partial charge in [-0.1, -0.05) is 0 Å². The Labute approximate surface area is 156 Å². The predicted molar refractivity (Wildman–Crippen MR) is 94.3 cm³/mol. The summed E-state index contributed by atoms with van der Waals surface area (Å²) in [5, 5.41) is 9.15. The molecule has 1 aromatic rings. The van der Waals surface area contributed by atoms with Crippen LogP contribution in [-0.2, 0) is 11.0 Å². The summed E-state index contributed by atoms with van der Waals surface area (Å²) in [5.74, 6) is 0.337. The van der Waals surface area contributed by atoms with Crippen molar-refractivity contribution in [2.24, 2.45) is 0 Å². The molecule has 27 heavy (non-hydrogen) atoms. The molecule has 3 heterocycles. The molecule has 1 amide bonds. The first kappa shape index (κ1) is 19.9. The Bertz CT molecular complexity index is 685. The number of β-amino-alcohol motifs (C(OH)–C–C–N with tert-alkyl or cyclic N) is 1. The van der Waals surface area contributed by atoms with Crippen LogP contribution >= 0.6 is 0 Å². The number of piperazine rings is 1. The number of carbonyl (C=O) groups excluding carboxylic acids is 1. The van der Waals surface area contributed by atoms with E-state index < -0.39 is 11.7 Å². The zero-order valence-electron chi connectivity index (χ0n) is 15.4. The Kier molecular flexibility index (Phi) is 5.62. The van der Waals surface area contributed by atoms with Crippen molar-refractivity contribution in [3.63, 3.8) is 0 Å². The number of hydrogen-bond donors (Lipinski definition) is 1. The number of alkyl halides is 3. The van der Waals surface area contributed by atoms with E-state index in [1.165, 1.54) is 6.20 Å². The van der Waals surface area contributed by atoms with Gasteiger partial charge in [0.15, 0.2) is 0 Å². The van der Waals surface area contributed by atoms with Crippen molar-refractivity contribution in [3.8, 4) is 0 Å². The number of aliphatic hydroxyl groups excluding tert-OH is 1.